The number of ether oxygens (including phenoxy) is 1. The average Bonchev–Trinajstić information content (AvgIpc) is 3.29. The number of nitrogens with zero attached hydrogens (tertiary/aromatic N) is 3. The van der Waals surface area contributed by atoms with E-state index in [0.717, 1.165) is 26.3 Å². The maximum atomic E-state index is 12.4. The first kappa shape index (κ1) is 16.2. The Balaban J connectivity index is 1.63. The van der Waals surface area contributed by atoms with Gasteiger partial charge >= 0.3 is 0 Å². The number of aromatic nitrogens is 2. The van der Waals surface area contributed by atoms with E-state index in [1.165, 1.54) is 4.88 Å². The van der Waals surface area contributed by atoms with E-state index in [4.69, 9.17) is 4.74 Å². The van der Waals surface area contributed by atoms with Crippen LogP contribution in [0.3, 0.4) is 0 Å². The van der Waals surface area contributed by atoms with Crippen molar-refractivity contribution in [1.29, 1.82) is 0 Å². The third kappa shape index (κ3) is 3.99. The summed E-state index contributed by atoms with van der Waals surface area (Å²) in [4.78, 5) is 16.0. The van der Waals surface area contributed by atoms with Gasteiger partial charge in [-0.2, -0.15) is 5.10 Å². The maximum absolute atomic E-state index is 12.4. The fourth-order valence-corrected chi connectivity index (χ4v) is 3.62. The Bertz CT molecular complexity index is 594. The molecule has 3 rings (SSSR count). The lowest BCUT2D eigenvalue weighted by atomic mass is 10.1. The van der Waals surface area contributed by atoms with Gasteiger partial charge < -0.3 is 10.1 Å². The van der Waals surface area contributed by atoms with Crippen LogP contribution in [0, 0.1) is 0 Å². The van der Waals surface area contributed by atoms with Crippen LogP contribution in [0.2, 0.25) is 0 Å². The molecule has 2 aromatic rings. The van der Waals surface area contributed by atoms with Gasteiger partial charge in [0.25, 0.3) is 0 Å². The number of hydrogen-bond acceptors (Lipinski definition) is 5. The van der Waals surface area contributed by atoms with E-state index in [1.807, 2.05) is 19.2 Å². The van der Waals surface area contributed by atoms with E-state index in [-0.39, 0.29) is 18.0 Å². The van der Waals surface area contributed by atoms with E-state index < -0.39 is 0 Å². The second kappa shape index (κ2) is 7.72. The van der Waals surface area contributed by atoms with Crippen LogP contribution in [-0.2, 0) is 9.53 Å². The number of nitrogens with one attached hydrogen (secondary N) is 1. The molecule has 0 bridgehead atoms. The lowest BCUT2D eigenvalue weighted by Crippen LogP contribution is -2.44. The minimum Gasteiger partial charge on any atom is -0.379 e. The van der Waals surface area contributed by atoms with Gasteiger partial charge in [-0.3, -0.25) is 14.4 Å². The summed E-state index contributed by atoms with van der Waals surface area (Å²) in [5.74, 6) is -0.0106. The Morgan fingerprint density at radius 2 is 2.26 bits per heavy atom. The molecule has 0 unspecified atom stereocenters. The highest BCUT2D eigenvalue weighted by Gasteiger charge is 2.25. The van der Waals surface area contributed by atoms with Gasteiger partial charge in [-0.15, -0.1) is 11.3 Å². The minimum atomic E-state index is -0.307. The summed E-state index contributed by atoms with van der Waals surface area (Å²) in [5.41, 5.74) is 0. The Labute approximate surface area is 140 Å². The number of morpholine rings is 1. The smallest absolute Gasteiger partial charge is 0.244 e. The zero-order valence-corrected chi connectivity index (χ0v) is 14.0. The molecule has 0 aliphatic carbocycles. The number of carbonyl (C=O) groups is 1. The molecule has 124 valence electrons. The fraction of sp³-hybridized carbons (Fsp3) is 0.500. The summed E-state index contributed by atoms with van der Waals surface area (Å²) >= 11 is 1.73. The largest absolute Gasteiger partial charge is 0.379 e. The Morgan fingerprint density at radius 3 is 2.91 bits per heavy atom. The van der Waals surface area contributed by atoms with Crippen LogP contribution in [0.15, 0.2) is 36.0 Å². The predicted molar refractivity (Wildman–Crippen MR) is 89.4 cm³/mol. The molecule has 1 aliphatic rings. The van der Waals surface area contributed by atoms with Gasteiger partial charge in [0.2, 0.25) is 5.91 Å². The lowest BCUT2D eigenvalue weighted by Gasteiger charge is -2.34. The lowest BCUT2D eigenvalue weighted by molar-refractivity contribution is -0.124. The molecule has 1 saturated heterocycles. The standard InChI is InChI=1S/C16H22N4O2S/c1-13(20-6-3-5-18-20)16(21)17-12-14(15-4-2-11-23-15)19-7-9-22-10-8-19/h2-6,11,13-14H,7-10,12H2,1H3,(H,17,21)/t13-,14-/m1/s1. The van der Waals surface area contributed by atoms with Crippen molar-refractivity contribution in [2.24, 2.45) is 0 Å². The number of thiophene rings is 1. The SMILES string of the molecule is C[C@H](C(=O)NC[C@H](c1cccs1)N1CCOCC1)n1cccn1. The molecule has 0 aromatic carbocycles. The molecule has 2 atom stereocenters. The summed E-state index contributed by atoms with van der Waals surface area (Å²) in [5, 5.41) is 9.30. The van der Waals surface area contributed by atoms with Crippen LogP contribution >= 0.6 is 11.3 Å². The quantitative estimate of drug-likeness (QED) is 0.873. The minimum absolute atomic E-state index is 0.0106. The van der Waals surface area contributed by atoms with Crippen molar-refractivity contribution in [2.75, 3.05) is 32.8 Å². The Hall–Kier alpha value is -1.70. The fourth-order valence-electron chi connectivity index (χ4n) is 2.75. The molecule has 0 saturated carbocycles. The van der Waals surface area contributed by atoms with Gasteiger partial charge in [-0.25, -0.2) is 0 Å². The summed E-state index contributed by atoms with van der Waals surface area (Å²) in [7, 11) is 0. The van der Waals surface area contributed by atoms with Gasteiger partial charge in [-0.1, -0.05) is 6.07 Å². The van der Waals surface area contributed by atoms with Crippen LogP contribution in [0.1, 0.15) is 23.9 Å². The van der Waals surface area contributed by atoms with Crippen LogP contribution in [0.5, 0.6) is 0 Å². The predicted octanol–water partition coefficient (Wildman–Crippen LogP) is 1.70. The number of rotatable bonds is 6. The Kier molecular flexibility index (Phi) is 5.43. The van der Waals surface area contributed by atoms with E-state index >= 15 is 0 Å². The molecule has 3 heterocycles. The van der Waals surface area contributed by atoms with Crippen molar-refractivity contribution in [3.05, 3.63) is 40.8 Å². The molecular weight excluding hydrogens is 312 g/mol. The van der Waals surface area contributed by atoms with Gasteiger partial charge in [-0.05, 0) is 24.4 Å². The van der Waals surface area contributed by atoms with Crippen LogP contribution < -0.4 is 5.32 Å². The van der Waals surface area contributed by atoms with Gasteiger partial charge in [0.05, 0.1) is 19.3 Å². The van der Waals surface area contributed by atoms with Crippen molar-refractivity contribution < 1.29 is 9.53 Å². The van der Waals surface area contributed by atoms with Crippen LogP contribution in [-0.4, -0.2) is 53.4 Å². The first-order valence-electron chi connectivity index (χ1n) is 7.88. The third-order valence-corrected chi connectivity index (χ3v) is 5.10. The van der Waals surface area contributed by atoms with Crippen molar-refractivity contribution in [1.82, 2.24) is 20.0 Å². The van der Waals surface area contributed by atoms with Gasteiger partial charge in [0.15, 0.2) is 0 Å². The van der Waals surface area contributed by atoms with Gasteiger partial charge in [0, 0.05) is 36.9 Å². The second-order valence-electron chi connectivity index (χ2n) is 5.59. The molecule has 0 radical (unpaired) electrons. The third-order valence-electron chi connectivity index (χ3n) is 4.13. The van der Waals surface area contributed by atoms with E-state index in [0.29, 0.717) is 6.54 Å². The molecule has 1 amide bonds. The first-order valence-corrected chi connectivity index (χ1v) is 8.75. The molecule has 2 aromatic heterocycles. The van der Waals surface area contributed by atoms with Crippen molar-refractivity contribution >= 4 is 17.2 Å². The van der Waals surface area contributed by atoms with E-state index in [2.05, 4.69) is 32.8 Å². The molecule has 1 aliphatic heterocycles. The molecule has 1 N–H and O–H groups in total. The number of carbonyl (C=O) groups excluding carboxylic acids is 1. The molecule has 7 heteroatoms. The highest BCUT2D eigenvalue weighted by atomic mass is 32.1. The van der Waals surface area contributed by atoms with E-state index in [1.54, 1.807) is 22.2 Å². The van der Waals surface area contributed by atoms with Crippen LogP contribution in [0.25, 0.3) is 0 Å². The highest BCUT2D eigenvalue weighted by Crippen LogP contribution is 2.25. The summed E-state index contributed by atoms with van der Waals surface area (Å²) in [6.07, 6.45) is 3.49. The second-order valence-corrected chi connectivity index (χ2v) is 6.57. The molecular formula is C16H22N4O2S. The van der Waals surface area contributed by atoms with Crippen molar-refractivity contribution in [3.8, 4) is 0 Å². The highest BCUT2D eigenvalue weighted by molar-refractivity contribution is 7.10. The summed E-state index contributed by atoms with van der Waals surface area (Å²) < 4.78 is 7.11. The maximum Gasteiger partial charge on any atom is 0.244 e. The summed E-state index contributed by atoms with van der Waals surface area (Å²) in [6, 6.07) is 5.91. The number of amides is 1. The Morgan fingerprint density at radius 1 is 1.43 bits per heavy atom. The number of hydrogen-bond donors (Lipinski definition) is 1. The summed E-state index contributed by atoms with van der Waals surface area (Å²) in [6.45, 7) is 5.75. The topological polar surface area (TPSA) is 59.4 Å². The monoisotopic (exact) mass is 334 g/mol. The first-order chi connectivity index (χ1) is 11.3. The van der Waals surface area contributed by atoms with Crippen molar-refractivity contribution in [3.63, 3.8) is 0 Å². The van der Waals surface area contributed by atoms with Gasteiger partial charge in [0.1, 0.15) is 6.04 Å². The zero-order valence-electron chi connectivity index (χ0n) is 13.2. The molecule has 0 spiro atoms. The van der Waals surface area contributed by atoms with Crippen molar-refractivity contribution in [2.45, 2.75) is 19.0 Å². The molecule has 6 nitrogen and oxygen atoms in total. The normalized spacial score (nSPS) is 18.5. The molecule has 23 heavy (non-hydrogen) atoms. The molecule has 1 fully saturated rings. The van der Waals surface area contributed by atoms with E-state index in [9.17, 15) is 4.79 Å². The average molecular weight is 334 g/mol. The zero-order chi connectivity index (χ0) is 16.1. The van der Waals surface area contributed by atoms with Crippen LogP contribution in [0.4, 0.5) is 0 Å².